The number of aromatic nitrogens is 7. The predicted molar refractivity (Wildman–Crippen MR) is 199 cm³/mol. The molecular formula is C36H45N11O4S. The highest BCUT2D eigenvalue weighted by molar-refractivity contribution is 7.09. The van der Waals surface area contributed by atoms with E-state index in [0.29, 0.717) is 74.6 Å². The quantitative estimate of drug-likeness (QED) is 0.145. The Bertz CT molecular complexity index is 2040. The molecule has 2 saturated carbocycles. The molecular weight excluding hydrogens is 683 g/mol. The van der Waals surface area contributed by atoms with Crippen molar-refractivity contribution < 1.29 is 19.2 Å². The second-order valence-corrected chi connectivity index (χ2v) is 13.9. The zero-order chi connectivity index (χ0) is 36.6. The van der Waals surface area contributed by atoms with Gasteiger partial charge in [0, 0.05) is 81.4 Å². The molecule has 2 fully saturated rings. The van der Waals surface area contributed by atoms with Gasteiger partial charge in [-0.3, -0.25) is 19.2 Å². The van der Waals surface area contributed by atoms with E-state index < -0.39 is 0 Å². The number of fused-ring (bicyclic) bond motifs is 2. The molecule has 16 heteroatoms. The van der Waals surface area contributed by atoms with Crippen molar-refractivity contribution >= 4 is 68.2 Å². The van der Waals surface area contributed by atoms with Crippen LogP contribution in [0.1, 0.15) is 97.9 Å². The SMILES string of the molecule is CCNC(=O)c1cnc2c(cnn2CC)c1NC1CCC(=O)CC1.CCn1ncc2c(NC3CCC(=O)CC3)c(C(=O)NCc3nccs3)cnc21. The first-order valence-electron chi connectivity index (χ1n) is 18.0. The molecule has 0 spiro atoms. The molecule has 7 rings (SSSR count). The molecule has 2 aliphatic carbocycles. The number of nitrogens with one attached hydrogen (secondary N) is 4. The Balaban J connectivity index is 0.000000181. The number of carbonyl (C=O) groups is 4. The number of pyridine rings is 2. The Morgan fingerprint density at radius 3 is 1.62 bits per heavy atom. The van der Waals surface area contributed by atoms with Gasteiger partial charge >= 0.3 is 0 Å². The van der Waals surface area contributed by atoms with Crippen molar-refractivity contribution in [3.05, 3.63) is 52.5 Å². The van der Waals surface area contributed by atoms with E-state index in [9.17, 15) is 19.2 Å². The second-order valence-electron chi connectivity index (χ2n) is 12.9. The average molecular weight is 728 g/mol. The first-order valence-corrected chi connectivity index (χ1v) is 18.9. The number of thiazole rings is 1. The van der Waals surface area contributed by atoms with Gasteiger partial charge in [-0.15, -0.1) is 11.3 Å². The van der Waals surface area contributed by atoms with E-state index in [1.165, 1.54) is 11.3 Å². The van der Waals surface area contributed by atoms with Gasteiger partial charge < -0.3 is 21.3 Å². The van der Waals surface area contributed by atoms with Crippen LogP contribution in [0, 0.1) is 0 Å². The molecule has 52 heavy (non-hydrogen) atoms. The maximum Gasteiger partial charge on any atom is 0.255 e. The molecule has 0 unspecified atom stereocenters. The molecule has 4 N–H and O–H groups in total. The summed E-state index contributed by atoms with van der Waals surface area (Å²) in [6.45, 7) is 8.24. The minimum absolute atomic E-state index is 0.148. The lowest BCUT2D eigenvalue weighted by atomic mass is 9.94. The Morgan fingerprint density at radius 1 is 0.712 bits per heavy atom. The molecule has 2 amide bonds. The van der Waals surface area contributed by atoms with E-state index in [0.717, 1.165) is 64.1 Å². The molecule has 0 saturated heterocycles. The van der Waals surface area contributed by atoms with Gasteiger partial charge in [0.15, 0.2) is 11.3 Å². The Hall–Kier alpha value is -5.25. The van der Waals surface area contributed by atoms with Gasteiger partial charge in [-0.25, -0.2) is 24.3 Å². The Kier molecular flexibility index (Phi) is 11.8. The maximum absolute atomic E-state index is 12.9. The standard InChI is InChI=1S/C19H22N6O2S.C17H23N5O2/c1-2-25-18-14(10-23-25)17(24-12-3-5-13(26)6-4-12)15(9-21-18)19(27)22-11-16-20-7-8-28-16;1-3-18-17(24)14-9-19-16-13(10-20-22(16)4-2)15(14)21-11-5-7-12(23)8-6-11/h7-10,12H,2-6,11H2,1H3,(H,21,24)(H,22,27);9-11H,3-8H2,1-2H3,(H,18,24)(H,19,21). The predicted octanol–water partition coefficient (Wildman–Crippen LogP) is 4.89. The van der Waals surface area contributed by atoms with Gasteiger partial charge in [-0.05, 0) is 46.5 Å². The number of anilines is 2. The molecule has 5 aromatic heterocycles. The molecule has 15 nitrogen and oxygen atoms in total. The number of carbonyl (C=O) groups excluding carboxylic acids is 4. The fourth-order valence-corrected chi connectivity index (χ4v) is 7.15. The molecule has 0 aliphatic heterocycles. The van der Waals surface area contributed by atoms with E-state index >= 15 is 0 Å². The van der Waals surface area contributed by atoms with Crippen molar-refractivity contribution in [2.75, 3.05) is 17.2 Å². The third kappa shape index (κ3) is 8.27. The number of aryl methyl sites for hydroxylation is 2. The number of hydrogen-bond donors (Lipinski definition) is 4. The highest BCUT2D eigenvalue weighted by Crippen LogP contribution is 2.31. The molecule has 0 radical (unpaired) electrons. The number of amides is 2. The third-order valence-electron chi connectivity index (χ3n) is 9.43. The van der Waals surface area contributed by atoms with E-state index in [1.54, 1.807) is 31.0 Å². The number of hydrogen-bond acceptors (Lipinski definition) is 12. The summed E-state index contributed by atoms with van der Waals surface area (Å²) in [7, 11) is 0. The molecule has 0 bridgehead atoms. The van der Waals surface area contributed by atoms with Crippen LogP contribution < -0.4 is 21.3 Å². The summed E-state index contributed by atoms with van der Waals surface area (Å²) in [6, 6.07) is 0.338. The zero-order valence-electron chi connectivity index (χ0n) is 29.8. The van der Waals surface area contributed by atoms with Gasteiger partial charge in [-0.1, -0.05) is 0 Å². The van der Waals surface area contributed by atoms with E-state index in [2.05, 4.69) is 46.4 Å². The van der Waals surface area contributed by atoms with Gasteiger partial charge in [0.1, 0.15) is 16.6 Å². The van der Waals surface area contributed by atoms with Crippen molar-refractivity contribution in [1.82, 2.24) is 45.1 Å². The number of ketones is 2. The molecule has 5 aromatic rings. The lowest BCUT2D eigenvalue weighted by molar-refractivity contribution is -0.121. The van der Waals surface area contributed by atoms with Crippen molar-refractivity contribution in [3.8, 4) is 0 Å². The summed E-state index contributed by atoms with van der Waals surface area (Å²) in [4.78, 5) is 61.4. The van der Waals surface area contributed by atoms with Crippen LogP contribution in [0.15, 0.2) is 36.4 Å². The van der Waals surface area contributed by atoms with E-state index in [-0.39, 0.29) is 23.9 Å². The van der Waals surface area contributed by atoms with Crippen LogP contribution in [0.4, 0.5) is 11.4 Å². The van der Waals surface area contributed by atoms with Crippen molar-refractivity contribution in [3.63, 3.8) is 0 Å². The highest BCUT2D eigenvalue weighted by atomic mass is 32.1. The van der Waals surface area contributed by atoms with Gasteiger partial charge in [0.2, 0.25) is 0 Å². The lowest BCUT2D eigenvalue weighted by Gasteiger charge is -2.24. The van der Waals surface area contributed by atoms with Gasteiger partial charge in [0.25, 0.3) is 11.8 Å². The molecule has 5 heterocycles. The monoisotopic (exact) mass is 727 g/mol. The first kappa shape index (κ1) is 36.5. The Labute approximate surface area is 305 Å². The summed E-state index contributed by atoms with van der Waals surface area (Å²) >= 11 is 1.50. The van der Waals surface area contributed by atoms with Gasteiger partial charge in [0.05, 0.1) is 52.2 Å². The van der Waals surface area contributed by atoms with Crippen LogP contribution in [-0.2, 0) is 29.2 Å². The maximum atomic E-state index is 12.9. The van der Waals surface area contributed by atoms with Crippen LogP contribution in [0.5, 0.6) is 0 Å². The van der Waals surface area contributed by atoms with E-state index in [4.69, 9.17) is 0 Å². The average Bonchev–Trinajstić information content (AvgIpc) is 3.93. The number of Topliss-reactive ketones (excluding diaryl/α,β-unsaturated/α-hetero) is 2. The number of rotatable bonds is 11. The molecule has 0 atom stereocenters. The minimum Gasteiger partial charge on any atom is -0.381 e. The number of nitrogens with zero attached hydrogens (tertiary/aromatic N) is 7. The lowest BCUT2D eigenvalue weighted by Crippen LogP contribution is -2.29. The van der Waals surface area contributed by atoms with Crippen molar-refractivity contribution in [1.29, 1.82) is 0 Å². The van der Waals surface area contributed by atoms with Crippen LogP contribution >= 0.6 is 11.3 Å². The fourth-order valence-electron chi connectivity index (χ4n) is 6.60. The van der Waals surface area contributed by atoms with Crippen molar-refractivity contribution in [2.45, 2.75) is 104 Å². The van der Waals surface area contributed by atoms with Crippen molar-refractivity contribution in [2.24, 2.45) is 0 Å². The smallest absolute Gasteiger partial charge is 0.255 e. The van der Waals surface area contributed by atoms with Crippen LogP contribution in [0.3, 0.4) is 0 Å². The largest absolute Gasteiger partial charge is 0.381 e. The molecule has 274 valence electrons. The normalized spacial score (nSPS) is 15.4. The summed E-state index contributed by atoms with van der Waals surface area (Å²) < 4.78 is 3.62. The van der Waals surface area contributed by atoms with Crippen LogP contribution in [0.25, 0.3) is 22.1 Å². The summed E-state index contributed by atoms with van der Waals surface area (Å²) in [5.41, 5.74) is 4.02. The summed E-state index contributed by atoms with van der Waals surface area (Å²) in [5, 5.41) is 25.9. The molecule has 2 aliphatic rings. The van der Waals surface area contributed by atoms with Crippen LogP contribution in [-0.4, -0.2) is 76.5 Å². The minimum atomic E-state index is -0.205. The van der Waals surface area contributed by atoms with Crippen LogP contribution in [0.2, 0.25) is 0 Å². The zero-order valence-corrected chi connectivity index (χ0v) is 30.6. The van der Waals surface area contributed by atoms with E-state index in [1.807, 2.05) is 35.5 Å². The highest BCUT2D eigenvalue weighted by Gasteiger charge is 2.25. The molecule has 0 aromatic carbocycles. The first-order chi connectivity index (χ1) is 25.3. The second kappa shape index (κ2) is 16.8. The Morgan fingerprint density at radius 2 is 1.19 bits per heavy atom. The summed E-state index contributed by atoms with van der Waals surface area (Å²) in [6.07, 6.45) is 13.9. The third-order valence-corrected chi connectivity index (χ3v) is 10.2. The topological polar surface area (TPSA) is 191 Å². The fraction of sp³-hybridized carbons (Fsp3) is 0.472. The summed E-state index contributed by atoms with van der Waals surface area (Å²) in [5.74, 6) is 0.266. The van der Waals surface area contributed by atoms with Gasteiger partial charge in [-0.2, -0.15) is 10.2 Å².